The molecule has 1 radical (unpaired) electrons. The molecule has 12 heavy (non-hydrogen) atoms. The van der Waals surface area contributed by atoms with E-state index in [4.69, 9.17) is 6.72 Å². The van der Waals surface area contributed by atoms with E-state index < -0.39 is 0 Å². The van der Waals surface area contributed by atoms with Gasteiger partial charge in [0.1, 0.15) is 0 Å². The minimum absolute atomic E-state index is 0.120. The molecule has 0 aliphatic heterocycles. The molecular weight excluding hydrogens is 163 g/mol. The Hall–Kier alpha value is 0.415. The number of rotatable bonds is 5. The maximum atomic E-state index is 6.15. The zero-order chi connectivity index (χ0) is 9.72. The number of hydrogen-bond donors (Lipinski definition) is 0. The molecule has 0 bridgehead atoms. The van der Waals surface area contributed by atoms with Gasteiger partial charge >= 0.3 is 80.9 Å². The van der Waals surface area contributed by atoms with Crippen molar-refractivity contribution >= 4 is 17.0 Å². The zero-order valence-corrected chi connectivity index (χ0v) is 9.95. The van der Waals surface area contributed by atoms with Gasteiger partial charge in [0.15, 0.2) is 0 Å². The quantitative estimate of drug-likeness (QED) is 0.574. The van der Waals surface area contributed by atoms with Gasteiger partial charge in [0.05, 0.1) is 0 Å². The molecule has 0 amide bonds. The summed E-state index contributed by atoms with van der Waals surface area (Å²) >= 11 is 0. The molecule has 0 fully saturated rings. The molecule has 0 heterocycles. The molecular formula is C10H22BS. The Morgan fingerprint density at radius 1 is 1.17 bits per heavy atom. The van der Waals surface area contributed by atoms with Crippen molar-refractivity contribution in [2.24, 2.45) is 5.92 Å². The van der Waals surface area contributed by atoms with Gasteiger partial charge in [-0.2, -0.15) is 0 Å². The first-order valence-electron chi connectivity index (χ1n) is 4.95. The summed E-state index contributed by atoms with van der Waals surface area (Å²) in [5.74, 6) is 0.784. The van der Waals surface area contributed by atoms with E-state index in [0.29, 0.717) is 5.25 Å². The number of hydrogen-bond acceptors (Lipinski definition) is 0. The topological polar surface area (TPSA) is 0 Å². The van der Waals surface area contributed by atoms with Crippen molar-refractivity contribution in [2.45, 2.75) is 58.0 Å². The maximum absolute atomic E-state index is 6.15. The van der Waals surface area contributed by atoms with E-state index in [-0.39, 0.29) is 10.3 Å². The summed E-state index contributed by atoms with van der Waals surface area (Å²) in [5, 5.41) is 1.39. The van der Waals surface area contributed by atoms with Crippen LogP contribution in [0, 0.1) is 5.92 Å². The van der Waals surface area contributed by atoms with Crippen molar-refractivity contribution in [3.05, 3.63) is 0 Å². The van der Waals surface area contributed by atoms with E-state index in [1.807, 2.05) is 0 Å². The van der Waals surface area contributed by atoms with E-state index in [1.165, 1.54) is 12.8 Å². The van der Waals surface area contributed by atoms with Crippen molar-refractivity contribution < 1.29 is 0 Å². The van der Waals surface area contributed by atoms with Gasteiger partial charge in [0.25, 0.3) is 0 Å². The molecule has 0 aromatic carbocycles. The Morgan fingerprint density at radius 2 is 1.67 bits per heavy atom. The molecule has 0 aliphatic rings. The second-order valence-electron chi connectivity index (χ2n) is 4.12. The van der Waals surface area contributed by atoms with Crippen LogP contribution in [-0.4, -0.2) is 17.2 Å². The molecule has 0 saturated carbocycles. The molecule has 0 aliphatic carbocycles. The monoisotopic (exact) mass is 185 g/mol. The Balaban J connectivity index is 4.06. The average molecular weight is 185 g/mol. The van der Waals surface area contributed by atoms with Gasteiger partial charge in [-0.1, -0.05) is 0 Å². The summed E-state index contributed by atoms with van der Waals surface area (Å²) in [6, 6.07) is 0. The second-order valence-corrected chi connectivity index (χ2v) is 6.54. The summed E-state index contributed by atoms with van der Waals surface area (Å²) in [6.07, 6.45) is 2.52. The van der Waals surface area contributed by atoms with E-state index in [0.717, 1.165) is 11.2 Å². The van der Waals surface area contributed by atoms with Crippen LogP contribution in [0.2, 0.25) is 0 Å². The van der Waals surface area contributed by atoms with Crippen LogP contribution in [-0.2, 0) is 0 Å². The predicted molar refractivity (Wildman–Crippen MR) is 62.0 cm³/mol. The third-order valence-corrected chi connectivity index (χ3v) is 4.50. The zero-order valence-electron chi connectivity index (χ0n) is 9.13. The first-order chi connectivity index (χ1) is 5.49. The van der Waals surface area contributed by atoms with Crippen LogP contribution in [0.1, 0.15) is 47.5 Å². The van der Waals surface area contributed by atoms with Crippen LogP contribution < -0.4 is 0 Å². The Labute approximate surface area is 81.3 Å². The van der Waals surface area contributed by atoms with Crippen molar-refractivity contribution in [3.8, 4) is 0 Å². The molecule has 0 aromatic heterocycles. The SMILES string of the molecule is [B]=S(C(C)C)C(CC)CC(C)C. The fourth-order valence-electron chi connectivity index (χ4n) is 1.38. The van der Waals surface area contributed by atoms with Crippen LogP contribution in [0.4, 0.5) is 0 Å². The summed E-state index contributed by atoms with van der Waals surface area (Å²) in [4.78, 5) is 0. The molecule has 2 atom stereocenters. The first kappa shape index (κ1) is 12.4. The summed E-state index contributed by atoms with van der Waals surface area (Å²) in [6.45, 7) is 17.4. The predicted octanol–water partition coefficient (Wildman–Crippen LogP) is 3.57. The summed E-state index contributed by atoms with van der Waals surface area (Å²) in [7, 11) is 0.120. The van der Waals surface area contributed by atoms with Crippen LogP contribution >= 0.6 is 10.3 Å². The van der Waals surface area contributed by atoms with Gasteiger partial charge in [-0.25, -0.2) is 0 Å². The molecule has 0 N–H and O–H groups in total. The molecule has 0 nitrogen and oxygen atoms in total. The molecule has 0 aromatic rings. The van der Waals surface area contributed by atoms with Gasteiger partial charge in [-0.05, 0) is 0 Å². The van der Waals surface area contributed by atoms with E-state index in [9.17, 15) is 0 Å². The third-order valence-electron chi connectivity index (χ3n) is 2.12. The van der Waals surface area contributed by atoms with Crippen molar-refractivity contribution in [2.75, 3.05) is 0 Å². The van der Waals surface area contributed by atoms with Gasteiger partial charge in [0, 0.05) is 0 Å². The van der Waals surface area contributed by atoms with Crippen molar-refractivity contribution in [1.29, 1.82) is 0 Å². The van der Waals surface area contributed by atoms with Crippen LogP contribution in [0.25, 0.3) is 0 Å². The Bertz CT molecular complexity index is 141. The molecule has 2 heteroatoms. The molecule has 2 unspecified atom stereocenters. The van der Waals surface area contributed by atoms with Crippen LogP contribution in [0.15, 0.2) is 0 Å². The fraction of sp³-hybridized carbons (Fsp3) is 1.00. The molecule has 71 valence electrons. The minimum atomic E-state index is 0.120. The fourth-order valence-corrected chi connectivity index (χ4v) is 3.14. The van der Waals surface area contributed by atoms with E-state index in [1.54, 1.807) is 0 Å². The molecule has 0 rings (SSSR count). The van der Waals surface area contributed by atoms with Crippen LogP contribution in [0.3, 0.4) is 0 Å². The van der Waals surface area contributed by atoms with Crippen molar-refractivity contribution in [1.82, 2.24) is 0 Å². The normalized spacial score (nSPS) is 16.8. The Morgan fingerprint density at radius 3 is 1.92 bits per heavy atom. The van der Waals surface area contributed by atoms with Crippen molar-refractivity contribution in [3.63, 3.8) is 0 Å². The first-order valence-corrected chi connectivity index (χ1v) is 6.36. The van der Waals surface area contributed by atoms with Gasteiger partial charge in [-0.15, -0.1) is 0 Å². The standard InChI is InChI=1S/C10H22BS/c1-6-10(7-8(2)3)12(11)9(4)5/h8-10H,6-7H2,1-5H3. The van der Waals surface area contributed by atoms with Gasteiger partial charge in [-0.3, -0.25) is 0 Å². The Kier molecular flexibility index (Phi) is 6.16. The van der Waals surface area contributed by atoms with Gasteiger partial charge < -0.3 is 0 Å². The second kappa shape index (κ2) is 5.96. The molecule has 0 saturated heterocycles. The van der Waals surface area contributed by atoms with E-state index in [2.05, 4.69) is 34.6 Å². The van der Waals surface area contributed by atoms with Gasteiger partial charge in [0.2, 0.25) is 0 Å². The summed E-state index contributed by atoms with van der Waals surface area (Å²) < 4.78 is 0. The average Bonchev–Trinajstić information content (AvgIpc) is 1.98. The third kappa shape index (κ3) is 4.44. The molecule has 0 spiro atoms. The van der Waals surface area contributed by atoms with Crippen LogP contribution in [0.5, 0.6) is 0 Å². The van der Waals surface area contributed by atoms with E-state index >= 15 is 0 Å². The summed E-state index contributed by atoms with van der Waals surface area (Å²) in [5.41, 5.74) is 0.